The topological polar surface area (TPSA) is 36.4 Å². The summed E-state index contributed by atoms with van der Waals surface area (Å²) in [6, 6.07) is 16.2. The number of halogens is 2. The first-order valence-electron chi connectivity index (χ1n) is 10.7. The molecule has 0 aliphatic carbocycles. The summed E-state index contributed by atoms with van der Waals surface area (Å²) < 4.78 is 26.9. The number of rotatable bonds is 6. The Morgan fingerprint density at radius 1 is 1.03 bits per heavy atom. The van der Waals surface area contributed by atoms with E-state index in [9.17, 15) is 13.6 Å². The van der Waals surface area contributed by atoms with Crippen LogP contribution in [0.15, 0.2) is 67.0 Å². The normalized spacial score (nSPS) is 18.6. The molecule has 32 heavy (non-hydrogen) atoms. The fourth-order valence-electron chi connectivity index (χ4n) is 4.64. The second kappa shape index (κ2) is 9.17. The van der Waals surface area contributed by atoms with Crippen LogP contribution in [0, 0.1) is 17.0 Å². The van der Waals surface area contributed by atoms with Crippen molar-refractivity contribution in [2.45, 2.75) is 19.4 Å². The number of amides is 1. The van der Waals surface area contributed by atoms with Gasteiger partial charge in [-0.15, -0.1) is 0 Å². The molecule has 3 aromatic rings. The number of aromatic nitrogens is 1. The monoisotopic (exact) mass is 435 g/mol. The molecule has 1 unspecified atom stereocenters. The van der Waals surface area contributed by atoms with Gasteiger partial charge in [0.25, 0.3) is 0 Å². The molecule has 1 aliphatic heterocycles. The number of benzene rings is 2. The summed E-state index contributed by atoms with van der Waals surface area (Å²) in [5.74, 6) is -1.59. The summed E-state index contributed by atoms with van der Waals surface area (Å²) in [5.41, 5.74) is 3.34. The molecule has 1 saturated heterocycles. The number of nitrogens with zero attached hydrogens (tertiary/aromatic N) is 3. The summed E-state index contributed by atoms with van der Waals surface area (Å²) in [4.78, 5) is 21.3. The summed E-state index contributed by atoms with van der Waals surface area (Å²) >= 11 is 0. The Kier molecular flexibility index (Phi) is 6.33. The molecular formula is C26H27F2N3O. The number of pyridine rings is 1. The van der Waals surface area contributed by atoms with E-state index in [1.165, 1.54) is 6.07 Å². The first kappa shape index (κ1) is 22.1. The molecule has 4 nitrogen and oxygen atoms in total. The molecule has 2 aromatic carbocycles. The largest absolute Gasteiger partial charge is 0.348 e. The van der Waals surface area contributed by atoms with Gasteiger partial charge in [-0.05, 0) is 59.8 Å². The Morgan fingerprint density at radius 2 is 1.84 bits per heavy atom. The van der Waals surface area contributed by atoms with Crippen LogP contribution in [-0.2, 0) is 17.8 Å². The molecular weight excluding hydrogens is 408 g/mol. The van der Waals surface area contributed by atoms with E-state index in [2.05, 4.69) is 22.0 Å². The molecule has 6 heteroatoms. The highest BCUT2D eigenvalue weighted by Crippen LogP contribution is 2.37. The van der Waals surface area contributed by atoms with Gasteiger partial charge in [-0.3, -0.25) is 14.7 Å². The number of hydrogen-bond donors (Lipinski definition) is 0. The van der Waals surface area contributed by atoms with Gasteiger partial charge in [-0.1, -0.05) is 36.4 Å². The third kappa shape index (κ3) is 4.70. The van der Waals surface area contributed by atoms with E-state index in [-0.39, 0.29) is 5.91 Å². The minimum atomic E-state index is -0.846. The molecule has 2 heterocycles. The average Bonchev–Trinajstić information content (AvgIpc) is 3.19. The van der Waals surface area contributed by atoms with Crippen molar-refractivity contribution in [1.82, 2.24) is 14.8 Å². The first-order chi connectivity index (χ1) is 15.4. The van der Waals surface area contributed by atoms with Crippen molar-refractivity contribution in [2.24, 2.45) is 5.41 Å². The van der Waals surface area contributed by atoms with Crippen LogP contribution in [-0.4, -0.2) is 47.9 Å². The van der Waals surface area contributed by atoms with Gasteiger partial charge in [-0.25, -0.2) is 8.78 Å². The zero-order valence-electron chi connectivity index (χ0n) is 18.4. The van der Waals surface area contributed by atoms with Crippen LogP contribution in [0.1, 0.15) is 17.5 Å². The van der Waals surface area contributed by atoms with Gasteiger partial charge in [0.1, 0.15) is 0 Å². The molecule has 0 radical (unpaired) electrons. The minimum Gasteiger partial charge on any atom is -0.348 e. The molecule has 1 aromatic heterocycles. The van der Waals surface area contributed by atoms with Crippen molar-refractivity contribution >= 4 is 5.91 Å². The summed E-state index contributed by atoms with van der Waals surface area (Å²) in [7, 11) is 3.57. The van der Waals surface area contributed by atoms with Crippen LogP contribution in [0.3, 0.4) is 0 Å². The smallest absolute Gasteiger partial charge is 0.229 e. The third-order valence-corrected chi connectivity index (χ3v) is 6.15. The predicted molar refractivity (Wildman–Crippen MR) is 121 cm³/mol. The van der Waals surface area contributed by atoms with E-state index in [1.807, 2.05) is 30.5 Å². The van der Waals surface area contributed by atoms with E-state index in [1.54, 1.807) is 31.3 Å². The highest BCUT2D eigenvalue weighted by atomic mass is 19.2. The molecule has 1 atom stereocenters. The standard InChI is InChI=1S/C26H27F2N3O/c1-30(2)25(32)26(10-12-31(18-26)17-20-8-9-23(27)24(28)14-20)15-19-5-3-6-21(13-19)22-7-4-11-29-16-22/h3-9,11,13-14,16H,10,12,15,17-18H2,1-2H3. The van der Waals surface area contributed by atoms with E-state index < -0.39 is 17.0 Å². The van der Waals surface area contributed by atoms with E-state index in [4.69, 9.17) is 0 Å². The molecule has 1 amide bonds. The Morgan fingerprint density at radius 3 is 2.56 bits per heavy atom. The molecule has 0 saturated carbocycles. The van der Waals surface area contributed by atoms with E-state index >= 15 is 0 Å². The Labute approximate surface area is 187 Å². The third-order valence-electron chi connectivity index (χ3n) is 6.15. The summed E-state index contributed by atoms with van der Waals surface area (Å²) in [6.45, 7) is 1.77. The molecule has 1 aliphatic rings. The van der Waals surface area contributed by atoms with Gasteiger partial charge < -0.3 is 4.90 Å². The SMILES string of the molecule is CN(C)C(=O)C1(Cc2cccc(-c3cccnc3)c2)CCN(Cc2ccc(F)c(F)c2)C1. The average molecular weight is 436 g/mol. The first-order valence-corrected chi connectivity index (χ1v) is 10.7. The quantitative estimate of drug-likeness (QED) is 0.570. The Bertz CT molecular complexity index is 1100. The molecule has 4 rings (SSSR count). The summed E-state index contributed by atoms with van der Waals surface area (Å²) in [5, 5.41) is 0. The highest BCUT2D eigenvalue weighted by Gasteiger charge is 2.45. The Balaban J connectivity index is 1.57. The molecule has 1 fully saturated rings. The van der Waals surface area contributed by atoms with Gasteiger partial charge in [0.15, 0.2) is 11.6 Å². The maximum absolute atomic E-state index is 13.6. The van der Waals surface area contributed by atoms with Crippen LogP contribution in [0.4, 0.5) is 8.78 Å². The zero-order valence-corrected chi connectivity index (χ0v) is 18.4. The minimum absolute atomic E-state index is 0.0945. The van der Waals surface area contributed by atoms with Crippen LogP contribution in [0.25, 0.3) is 11.1 Å². The maximum Gasteiger partial charge on any atom is 0.229 e. The van der Waals surface area contributed by atoms with Crippen molar-refractivity contribution in [3.63, 3.8) is 0 Å². The molecule has 0 N–H and O–H groups in total. The molecule has 166 valence electrons. The van der Waals surface area contributed by atoms with Crippen LogP contribution >= 0.6 is 0 Å². The van der Waals surface area contributed by atoms with Gasteiger partial charge >= 0.3 is 0 Å². The number of carbonyl (C=O) groups excluding carboxylic acids is 1. The van der Waals surface area contributed by atoms with Gasteiger partial charge in [0.05, 0.1) is 5.41 Å². The number of carbonyl (C=O) groups is 1. The molecule has 0 spiro atoms. The van der Waals surface area contributed by atoms with Crippen molar-refractivity contribution < 1.29 is 13.6 Å². The highest BCUT2D eigenvalue weighted by molar-refractivity contribution is 5.83. The van der Waals surface area contributed by atoms with Gasteiger partial charge in [0.2, 0.25) is 5.91 Å². The van der Waals surface area contributed by atoms with E-state index in [0.717, 1.165) is 29.3 Å². The van der Waals surface area contributed by atoms with Crippen LogP contribution in [0.2, 0.25) is 0 Å². The van der Waals surface area contributed by atoms with Crippen molar-refractivity contribution in [2.75, 3.05) is 27.2 Å². The lowest BCUT2D eigenvalue weighted by Gasteiger charge is -2.31. The number of hydrogen-bond acceptors (Lipinski definition) is 3. The lowest BCUT2D eigenvalue weighted by molar-refractivity contribution is -0.138. The maximum atomic E-state index is 13.6. The van der Waals surface area contributed by atoms with Gasteiger partial charge in [0, 0.05) is 39.6 Å². The van der Waals surface area contributed by atoms with Crippen LogP contribution < -0.4 is 0 Å². The number of likely N-dealkylation sites (tertiary alicyclic amines) is 1. The fourth-order valence-corrected chi connectivity index (χ4v) is 4.64. The zero-order chi connectivity index (χ0) is 22.7. The second-order valence-electron chi connectivity index (χ2n) is 8.81. The van der Waals surface area contributed by atoms with Gasteiger partial charge in [-0.2, -0.15) is 0 Å². The lowest BCUT2D eigenvalue weighted by atomic mass is 9.79. The van der Waals surface area contributed by atoms with Crippen molar-refractivity contribution in [3.05, 3.63) is 89.8 Å². The van der Waals surface area contributed by atoms with Crippen LogP contribution in [0.5, 0.6) is 0 Å². The van der Waals surface area contributed by atoms with Crippen molar-refractivity contribution in [1.29, 1.82) is 0 Å². The lowest BCUT2D eigenvalue weighted by Crippen LogP contribution is -2.43. The fraction of sp³-hybridized carbons (Fsp3) is 0.308. The van der Waals surface area contributed by atoms with E-state index in [0.29, 0.717) is 31.5 Å². The predicted octanol–water partition coefficient (Wildman–Crippen LogP) is 4.55. The summed E-state index contributed by atoms with van der Waals surface area (Å²) in [6.07, 6.45) is 4.91. The Hall–Kier alpha value is -3.12. The second-order valence-corrected chi connectivity index (χ2v) is 8.81. The molecule has 0 bridgehead atoms. The van der Waals surface area contributed by atoms with Crippen molar-refractivity contribution in [3.8, 4) is 11.1 Å².